The van der Waals surface area contributed by atoms with Crippen LogP contribution in [0.1, 0.15) is 25.3 Å². The molecular formula is C13H20N2O3. The van der Waals surface area contributed by atoms with Crippen molar-refractivity contribution in [2.45, 2.75) is 32.8 Å². The maximum atomic E-state index is 8.57. The number of rotatable bonds is 6. The maximum absolute atomic E-state index is 8.57. The Morgan fingerprint density at radius 3 is 2.72 bits per heavy atom. The number of benzene rings is 1. The molecule has 0 saturated carbocycles. The van der Waals surface area contributed by atoms with Gasteiger partial charge in [0.25, 0.3) is 0 Å². The first kappa shape index (κ1) is 14.2. The molecule has 5 nitrogen and oxygen atoms in total. The molecule has 0 fully saturated rings. The van der Waals surface area contributed by atoms with Crippen LogP contribution in [-0.2, 0) is 0 Å². The predicted molar refractivity (Wildman–Crippen MR) is 70.5 cm³/mol. The number of ether oxygens (including phenoxy) is 2. The van der Waals surface area contributed by atoms with E-state index in [0.29, 0.717) is 17.9 Å². The van der Waals surface area contributed by atoms with Crippen LogP contribution in [0.4, 0.5) is 0 Å². The Labute approximate surface area is 107 Å². The van der Waals surface area contributed by atoms with Crippen molar-refractivity contribution >= 4 is 5.84 Å². The molecule has 0 aliphatic rings. The molecule has 0 bridgehead atoms. The van der Waals surface area contributed by atoms with Gasteiger partial charge in [-0.3, -0.25) is 0 Å². The molecule has 0 aliphatic carbocycles. The van der Waals surface area contributed by atoms with Gasteiger partial charge in [0.1, 0.15) is 11.9 Å². The molecule has 1 rings (SSSR count). The normalized spacial score (nSPS) is 13.2. The van der Waals surface area contributed by atoms with Crippen LogP contribution < -0.4 is 15.2 Å². The Bertz CT molecular complexity index is 419. The lowest BCUT2D eigenvalue weighted by Gasteiger charge is -2.19. The molecule has 18 heavy (non-hydrogen) atoms. The van der Waals surface area contributed by atoms with Gasteiger partial charge in [0.2, 0.25) is 0 Å². The van der Waals surface area contributed by atoms with Crippen LogP contribution in [0.2, 0.25) is 0 Å². The van der Waals surface area contributed by atoms with Crippen molar-refractivity contribution in [3.8, 4) is 11.5 Å². The molecule has 0 amide bonds. The Kier molecular flexibility index (Phi) is 5.30. The zero-order valence-corrected chi connectivity index (χ0v) is 11.0. The molecule has 1 aromatic rings. The summed E-state index contributed by atoms with van der Waals surface area (Å²) in [4.78, 5) is 0. The van der Waals surface area contributed by atoms with E-state index >= 15 is 0 Å². The fraction of sp³-hybridized carbons (Fsp3) is 0.462. The van der Waals surface area contributed by atoms with Crippen molar-refractivity contribution in [2.24, 2.45) is 10.9 Å². The number of oxime groups is 1. The van der Waals surface area contributed by atoms with E-state index < -0.39 is 0 Å². The van der Waals surface area contributed by atoms with E-state index in [-0.39, 0.29) is 11.9 Å². The minimum absolute atomic E-state index is 0.141. The second kappa shape index (κ2) is 6.74. The van der Waals surface area contributed by atoms with Crippen molar-refractivity contribution in [1.29, 1.82) is 0 Å². The number of hydrogen-bond acceptors (Lipinski definition) is 4. The smallest absolute Gasteiger partial charge is 0.161 e. The molecule has 0 saturated heterocycles. The average Bonchev–Trinajstić information content (AvgIpc) is 2.39. The SMILES string of the molecule is CCC(C/C(N)=N/O)Oc1ccc(C)cc1OC. The van der Waals surface area contributed by atoms with Gasteiger partial charge in [-0.15, -0.1) is 0 Å². The Balaban J connectivity index is 2.81. The van der Waals surface area contributed by atoms with E-state index in [1.807, 2.05) is 32.0 Å². The molecular weight excluding hydrogens is 232 g/mol. The first-order valence-corrected chi connectivity index (χ1v) is 5.88. The first-order chi connectivity index (χ1) is 8.60. The van der Waals surface area contributed by atoms with Crippen molar-refractivity contribution in [3.63, 3.8) is 0 Å². The molecule has 5 heteroatoms. The quantitative estimate of drug-likeness (QED) is 0.352. The summed E-state index contributed by atoms with van der Waals surface area (Å²) in [5, 5.41) is 11.5. The van der Waals surface area contributed by atoms with Gasteiger partial charge in [0.15, 0.2) is 11.5 Å². The monoisotopic (exact) mass is 252 g/mol. The number of aryl methyl sites for hydroxylation is 1. The van der Waals surface area contributed by atoms with Crippen LogP contribution in [0.5, 0.6) is 11.5 Å². The predicted octanol–water partition coefficient (Wildman–Crippen LogP) is 2.30. The molecule has 1 unspecified atom stereocenters. The first-order valence-electron chi connectivity index (χ1n) is 5.88. The zero-order chi connectivity index (χ0) is 13.5. The Hall–Kier alpha value is -1.91. The molecule has 3 N–H and O–H groups in total. The topological polar surface area (TPSA) is 77.1 Å². The van der Waals surface area contributed by atoms with Crippen LogP contribution in [0.3, 0.4) is 0 Å². The molecule has 1 atom stereocenters. The number of nitrogens with two attached hydrogens (primary N) is 1. The Morgan fingerprint density at radius 1 is 1.44 bits per heavy atom. The van der Waals surface area contributed by atoms with E-state index in [1.165, 1.54) is 0 Å². The van der Waals surface area contributed by atoms with Gasteiger partial charge in [0.05, 0.1) is 7.11 Å². The highest BCUT2D eigenvalue weighted by Crippen LogP contribution is 2.29. The fourth-order valence-electron chi connectivity index (χ4n) is 1.60. The van der Waals surface area contributed by atoms with Gasteiger partial charge in [-0.1, -0.05) is 18.1 Å². The van der Waals surface area contributed by atoms with Gasteiger partial charge in [0, 0.05) is 6.42 Å². The molecule has 0 radical (unpaired) electrons. The summed E-state index contributed by atoms with van der Waals surface area (Å²) in [7, 11) is 1.60. The van der Waals surface area contributed by atoms with Crippen LogP contribution in [0.15, 0.2) is 23.4 Å². The highest BCUT2D eigenvalue weighted by molar-refractivity contribution is 5.80. The summed E-state index contributed by atoms with van der Waals surface area (Å²) >= 11 is 0. The molecule has 0 aliphatic heterocycles. The third-order valence-electron chi connectivity index (χ3n) is 2.63. The number of methoxy groups -OCH3 is 1. The van der Waals surface area contributed by atoms with E-state index in [1.54, 1.807) is 7.11 Å². The van der Waals surface area contributed by atoms with Gasteiger partial charge >= 0.3 is 0 Å². The summed E-state index contributed by atoms with van der Waals surface area (Å²) in [5.41, 5.74) is 6.59. The zero-order valence-electron chi connectivity index (χ0n) is 11.0. The highest BCUT2D eigenvalue weighted by atomic mass is 16.5. The molecule has 100 valence electrons. The summed E-state index contributed by atoms with van der Waals surface area (Å²) < 4.78 is 11.1. The highest BCUT2D eigenvalue weighted by Gasteiger charge is 2.13. The Morgan fingerprint density at radius 2 is 2.17 bits per heavy atom. The van der Waals surface area contributed by atoms with E-state index in [2.05, 4.69) is 5.16 Å². The van der Waals surface area contributed by atoms with Gasteiger partial charge in [-0.2, -0.15) is 0 Å². The van der Waals surface area contributed by atoms with Crippen LogP contribution in [0, 0.1) is 6.92 Å². The van der Waals surface area contributed by atoms with Crippen LogP contribution >= 0.6 is 0 Å². The summed E-state index contributed by atoms with van der Waals surface area (Å²) in [5.74, 6) is 1.52. The minimum Gasteiger partial charge on any atom is -0.493 e. The van der Waals surface area contributed by atoms with Gasteiger partial charge in [-0.25, -0.2) is 0 Å². The van der Waals surface area contributed by atoms with E-state index in [4.69, 9.17) is 20.4 Å². The largest absolute Gasteiger partial charge is 0.493 e. The minimum atomic E-state index is -0.141. The number of hydrogen-bond donors (Lipinski definition) is 2. The molecule has 0 aromatic heterocycles. The standard InChI is InChI=1S/C13H20N2O3/c1-4-10(8-13(14)15-16)18-11-6-5-9(2)7-12(11)17-3/h5-7,10,16H,4,8H2,1-3H3,(H2,14,15). The van der Waals surface area contributed by atoms with Crippen LogP contribution in [0.25, 0.3) is 0 Å². The van der Waals surface area contributed by atoms with Crippen molar-refractivity contribution in [1.82, 2.24) is 0 Å². The van der Waals surface area contributed by atoms with E-state index in [0.717, 1.165) is 12.0 Å². The number of nitrogens with zero attached hydrogens (tertiary/aromatic N) is 1. The third-order valence-corrected chi connectivity index (χ3v) is 2.63. The van der Waals surface area contributed by atoms with Gasteiger partial charge < -0.3 is 20.4 Å². The number of amidine groups is 1. The fourth-order valence-corrected chi connectivity index (χ4v) is 1.60. The van der Waals surface area contributed by atoms with Gasteiger partial charge in [-0.05, 0) is 31.0 Å². The lowest BCUT2D eigenvalue weighted by atomic mass is 10.2. The molecule has 1 aromatic carbocycles. The lowest BCUT2D eigenvalue weighted by molar-refractivity contribution is 0.194. The van der Waals surface area contributed by atoms with E-state index in [9.17, 15) is 0 Å². The third kappa shape index (κ3) is 3.84. The van der Waals surface area contributed by atoms with Crippen molar-refractivity contribution < 1.29 is 14.7 Å². The molecule has 0 heterocycles. The average molecular weight is 252 g/mol. The second-order valence-corrected chi connectivity index (χ2v) is 4.10. The summed E-state index contributed by atoms with van der Waals surface area (Å²) in [6.45, 7) is 3.97. The van der Waals surface area contributed by atoms with Crippen molar-refractivity contribution in [3.05, 3.63) is 23.8 Å². The molecule has 0 spiro atoms. The van der Waals surface area contributed by atoms with Crippen LogP contribution in [-0.4, -0.2) is 24.3 Å². The van der Waals surface area contributed by atoms with Crippen molar-refractivity contribution in [2.75, 3.05) is 7.11 Å². The summed E-state index contributed by atoms with van der Waals surface area (Å²) in [6.07, 6.45) is 0.995. The second-order valence-electron chi connectivity index (χ2n) is 4.10. The lowest BCUT2D eigenvalue weighted by Crippen LogP contribution is -2.24. The summed E-state index contributed by atoms with van der Waals surface area (Å²) in [6, 6.07) is 5.72. The maximum Gasteiger partial charge on any atom is 0.161 e.